The third kappa shape index (κ3) is 11.4. The van der Waals surface area contributed by atoms with E-state index in [9.17, 15) is 0 Å². The second kappa shape index (κ2) is 14.3. The molecule has 0 aromatic rings. The first-order valence-electron chi connectivity index (χ1n) is 7.72. The minimum Gasteiger partial charge on any atom is -0.383 e. The zero-order valence-electron chi connectivity index (χ0n) is 13.4. The molecule has 1 N–H and O–H groups in total. The van der Waals surface area contributed by atoms with E-state index in [1.807, 2.05) is 0 Å². The summed E-state index contributed by atoms with van der Waals surface area (Å²) in [6.07, 6.45) is 4.93. The van der Waals surface area contributed by atoms with Crippen molar-refractivity contribution in [2.45, 2.75) is 45.6 Å². The number of hydrogen-bond acceptors (Lipinski definition) is 4. The van der Waals surface area contributed by atoms with E-state index >= 15 is 0 Å². The Morgan fingerprint density at radius 3 is 2.11 bits per heavy atom. The number of ether oxygens (including phenoxy) is 2. The van der Waals surface area contributed by atoms with E-state index < -0.39 is 0 Å². The average Bonchev–Trinajstić information content (AvgIpc) is 2.44. The van der Waals surface area contributed by atoms with Gasteiger partial charge in [-0.1, -0.05) is 13.8 Å². The summed E-state index contributed by atoms with van der Waals surface area (Å²) in [4.78, 5) is 2.43. The highest BCUT2D eigenvalue weighted by Crippen LogP contribution is 2.04. The Morgan fingerprint density at radius 2 is 1.63 bits per heavy atom. The molecule has 0 rings (SSSR count). The monoisotopic (exact) mass is 274 g/mol. The fourth-order valence-corrected chi connectivity index (χ4v) is 2.14. The molecule has 4 nitrogen and oxygen atoms in total. The first-order valence-corrected chi connectivity index (χ1v) is 7.72. The Labute approximate surface area is 119 Å². The molecule has 0 amide bonds. The predicted octanol–water partition coefficient (Wildman–Crippen LogP) is 2.14. The average molecular weight is 274 g/mol. The lowest BCUT2D eigenvalue weighted by molar-refractivity contribution is 0.112. The Balaban J connectivity index is 3.80. The van der Waals surface area contributed by atoms with Crippen LogP contribution in [0.2, 0.25) is 0 Å². The van der Waals surface area contributed by atoms with Crippen LogP contribution in [-0.2, 0) is 9.47 Å². The van der Waals surface area contributed by atoms with Crippen molar-refractivity contribution in [1.29, 1.82) is 0 Å². The van der Waals surface area contributed by atoms with Crippen LogP contribution in [0, 0.1) is 0 Å². The van der Waals surface area contributed by atoms with Crippen LogP contribution in [0.1, 0.15) is 39.5 Å². The standard InChI is InChI=1S/C15H34N2O2/c1-5-9-16-15(6-2)8-7-10-17(11-13-18-3)12-14-19-4/h15-16H,5-14H2,1-4H3. The zero-order valence-corrected chi connectivity index (χ0v) is 13.4. The Hall–Kier alpha value is -0.160. The molecule has 0 radical (unpaired) electrons. The largest absolute Gasteiger partial charge is 0.383 e. The molecule has 0 heterocycles. The second-order valence-electron chi connectivity index (χ2n) is 5.03. The van der Waals surface area contributed by atoms with Crippen molar-refractivity contribution in [3.63, 3.8) is 0 Å². The summed E-state index contributed by atoms with van der Waals surface area (Å²) >= 11 is 0. The van der Waals surface area contributed by atoms with Gasteiger partial charge in [0, 0.05) is 33.4 Å². The van der Waals surface area contributed by atoms with Crippen LogP contribution in [0.5, 0.6) is 0 Å². The van der Waals surface area contributed by atoms with Gasteiger partial charge in [-0.05, 0) is 38.8 Å². The van der Waals surface area contributed by atoms with Crippen LogP contribution in [0.4, 0.5) is 0 Å². The Kier molecular flexibility index (Phi) is 14.1. The quantitative estimate of drug-likeness (QED) is 0.526. The van der Waals surface area contributed by atoms with Crippen LogP contribution < -0.4 is 5.32 Å². The number of nitrogens with one attached hydrogen (secondary N) is 1. The molecular weight excluding hydrogens is 240 g/mol. The molecule has 0 spiro atoms. The molecule has 0 fully saturated rings. The molecule has 0 saturated carbocycles. The number of nitrogens with zero attached hydrogens (tertiary/aromatic N) is 1. The molecule has 19 heavy (non-hydrogen) atoms. The van der Waals surface area contributed by atoms with Gasteiger partial charge in [-0.2, -0.15) is 0 Å². The minimum absolute atomic E-state index is 0.673. The molecule has 0 aromatic heterocycles. The molecule has 0 saturated heterocycles. The van der Waals surface area contributed by atoms with Crippen molar-refractivity contribution in [3.8, 4) is 0 Å². The Morgan fingerprint density at radius 1 is 1.00 bits per heavy atom. The van der Waals surface area contributed by atoms with E-state index in [1.54, 1.807) is 14.2 Å². The van der Waals surface area contributed by atoms with Crippen molar-refractivity contribution in [2.75, 3.05) is 53.6 Å². The maximum absolute atomic E-state index is 5.16. The highest BCUT2D eigenvalue weighted by Gasteiger charge is 2.08. The fraction of sp³-hybridized carbons (Fsp3) is 1.00. The molecule has 1 atom stereocenters. The van der Waals surface area contributed by atoms with Gasteiger partial charge >= 0.3 is 0 Å². The summed E-state index contributed by atoms with van der Waals surface area (Å²) in [5, 5.41) is 3.61. The van der Waals surface area contributed by atoms with Gasteiger partial charge in [0.15, 0.2) is 0 Å². The minimum atomic E-state index is 0.673. The normalized spacial score (nSPS) is 13.1. The Bertz CT molecular complexity index is 172. The lowest BCUT2D eigenvalue weighted by atomic mass is 10.1. The van der Waals surface area contributed by atoms with Crippen molar-refractivity contribution in [1.82, 2.24) is 10.2 Å². The smallest absolute Gasteiger partial charge is 0.0589 e. The van der Waals surface area contributed by atoms with Crippen LogP contribution >= 0.6 is 0 Å². The summed E-state index contributed by atoms with van der Waals surface area (Å²) in [7, 11) is 3.52. The van der Waals surface area contributed by atoms with E-state index in [0.717, 1.165) is 39.4 Å². The van der Waals surface area contributed by atoms with Crippen LogP contribution in [0.15, 0.2) is 0 Å². The topological polar surface area (TPSA) is 33.7 Å². The molecule has 0 aliphatic carbocycles. The van der Waals surface area contributed by atoms with E-state index in [4.69, 9.17) is 9.47 Å². The van der Waals surface area contributed by atoms with Gasteiger partial charge in [-0.3, -0.25) is 4.90 Å². The van der Waals surface area contributed by atoms with Crippen molar-refractivity contribution in [2.24, 2.45) is 0 Å². The lowest BCUT2D eigenvalue weighted by Gasteiger charge is -2.23. The lowest BCUT2D eigenvalue weighted by Crippen LogP contribution is -2.34. The van der Waals surface area contributed by atoms with Crippen molar-refractivity contribution >= 4 is 0 Å². The second-order valence-corrected chi connectivity index (χ2v) is 5.03. The molecule has 0 aliphatic heterocycles. The first-order chi connectivity index (χ1) is 9.28. The van der Waals surface area contributed by atoms with Crippen LogP contribution in [-0.4, -0.2) is 64.6 Å². The summed E-state index contributed by atoms with van der Waals surface area (Å²) < 4.78 is 10.3. The van der Waals surface area contributed by atoms with Crippen LogP contribution in [0.25, 0.3) is 0 Å². The molecule has 0 aliphatic rings. The maximum Gasteiger partial charge on any atom is 0.0589 e. The number of rotatable bonds is 14. The molecular formula is C15H34N2O2. The van der Waals surface area contributed by atoms with Crippen LogP contribution in [0.3, 0.4) is 0 Å². The fourth-order valence-electron chi connectivity index (χ4n) is 2.14. The SMILES string of the molecule is CCCNC(CC)CCCN(CCOC)CCOC. The van der Waals surface area contributed by atoms with Gasteiger partial charge < -0.3 is 14.8 Å². The first kappa shape index (κ1) is 18.8. The van der Waals surface area contributed by atoms with E-state index in [0.29, 0.717) is 6.04 Å². The van der Waals surface area contributed by atoms with Gasteiger partial charge in [-0.15, -0.1) is 0 Å². The van der Waals surface area contributed by atoms with Gasteiger partial charge in [0.25, 0.3) is 0 Å². The van der Waals surface area contributed by atoms with Gasteiger partial charge in [0.1, 0.15) is 0 Å². The predicted molar refractivity (Wildman–Crippen MR) is 81.8 cm³/mol. The maximum atomic E-state index is 5.16. The molecule has 1 unspecified atom stereocenters. The molecule has 116 valence electrons. The van der Waals surface area contributed by atoms with Gasteiger partial charge in [0.2, 0.25) is 0 Å². The third-order valence-corrected chi connectivity index (χ3v) is 3.43. The summed E-state index contributed by atoms with van der Waals surface area (Å²) in [6.45, 7) is 10.4. The van der Waals surface area contributed by atoms with Gasteiger partial charge in [-0.25, -0.2) is 0 Å². The van der Waals surface area contributed by atoms with E-state index in [-0.39, 0.29) is 0 Å². The number of methoxy groups -OCH3 is 2. The molecule has 0 aromatic carbocycles. The highest BCUT2D eigenvalue weighted by molar-refractivity contribution is 4.66. The third-order valence-electron chi connectivity index (χ3n) is 3.43. The molecule has 0 bridgehead atoms. The summed E-state index contributed by atoms with van der Waals surface area (Å²) in [5.74, 6) is 0. The number of hydrogen-bond donors (Lipinski definition) is 1. The van der Waals surface area contributed by atoms with Crippen molar-refractivity contribution in [3.05, 3.63) is 0 Å². The zero-order chi connectivity index (χ0) is 14.3. The summed E-state index contributed by atoms with van der Waals surface area (Å²) in [5.41, 5.74) is 0. The van der Waals surface area contributed by atoms with Gasteiger partial charge in [0.05, 0.1) is 13.2 Å². The summed E-state index contributed by atoms with van der Waals surface area (Å²) in [6, 6.07) is 0.673. The van der Waals surface area contributed by atoms with E-state index in [2.05, 4.69) is 24.1 Å². The molecule has 4 heteroatoms. The van der Waals surface area contributed by atoms with E-state index in [1.165, 1.54) is 25.7 Å². The van der Waals surface area contributed by atoms with Crippen molar-refractivity contribution < 1.29 is 9.47 Å². The highest BCUT2D eigenvalue weighted by atomic mass is 16.5.